The molecule has 142 valence electrons. The number of rotatable bonds is 6. The van der Waals surface area contributed by atoms with Gasteiger partial charge in [0, 0.05) is 0 Å². The summed E-state index contributed by atoms with van der Waals surface area (Å²) in [5.74, 6) is 0.0114. The molecule has 0 fully saturated rings. The quantitative estimate of drug-likeness (QED) is 0.632. The van der Waals surface area contributed by atoms with Crippen LogP contribution in [0.25, 0.3) is 5.69 Å². The number of primary sulfonamides is 1. The van der Waals surface area contributed by atoms with Crippen LogP contribution in [0.4, 0.5) is 5.69 Å². The topological polar surface area (TPSA) is 133 Å². The van der Waals surface area contributed by atoms with E-state index in [1.54, 1.807) is 24.3 Å². The van der Waals surface area contributed by atoms with Crippen molar-refractivity contribution in [1.82, 2.24) is 9.78 Å². The highest BCUT2D eigenvalue weighted by Crippen LogP contribution is 2.27. The van der Waals surface area contributed by atoms with Crippen LogP contribution in [0.2, 0.25) is 0 Å². The molecule has 0 unspecified atom stereocenters. The van der Waals surface area contributed by atoms with Crippen molar-refractivity contribution in [3.8, 4) is 11.4 Å². The maximum atomic E-state index is 12.6. The number of nitrogens with one attached hydrogen (secondary N) is 1. The van der Waals surface area contributed by atoms with Gasteiger partial charge < -0.3 is 4.74 Å². The van der Waals surface area contributed by atoms with E-state index in [2.05, 4.69) is 9.82 Å². The highest BCUT2D eigenvalue weighted by molar-refractivity contribution is 7.92. The molecule has 0 amide bonds. The van der Waals surface area contributed by atoms with Gasteiger partial charge in [0.05, 0.1) is 30.9 Å². The van der Waals surface area contributed by atoms with Gasteiger partial charge in [-0.25, -0.2) is 26.7 Å². The van der Waals surface area contributed by atoms with Crippen molar-refractivity contribution in [3.63, 3.8) is 0 Å². The Morgan fingerprint density at radius 2 is 1.78 bits per heavy atom. The standard InChI is InChI=1S/C16H16N4O5S2/c1-25-15-8-7-12(9-16(15)26(17,21)22)19-27(23,24)14-10-18-20(11-14)13-5-3-2-4-6-13/h2-11,19H,1H3,(H2,17,21,22). The molecule has 27 heavy (non-hydrogen) atoms. The number of hydrogen-bond acceptors (Lipinski definition) is 6. The van der Waals surface area contributed by atoms with Crippen LogP contribution in [0.15, 0.2) is 70.7 Å². The fourth-order valence-electron chi connectivity index (χ4n) is 2.34. The third-order valence-corrected chi connectivity index (χ3v) is 5.88. The average Bonchev–Trinajstić information content (AvgIpc) is 3.12. The van der Waals surface area contributed by atoms with Crippen molar-refractivity contribution in [1.29, 1.82) is 0 Å². The molecule has 3 rings (SSSR count). The maximum absolute atomic E-state index is 12.6. The number of benzene rings is 2. The molecule has 0 saturated carbocycles. The van der Waals surface area contributed by atoms with Crippen LogP contribution in [0.5, 0.6) is 5.75 Å². The van der Waals surface area contributed by atoms with Gasteiger partial charge in [0.25, 0.3) is 10.0 Å². The Bertz CT molecular complexity index is 1170. The first-order chi connectivity index (χ1) is 12.7. The van der Waals surface area contributed by atoms with Crippen molar-refractivity contribution < 1.29 is 21.6 Å². The normalized spacial score (nSPS) is 11.9. The van der Waals surface area contributed by atoms with E-state index in [-0.39, 0.29) is 21.2 Å². The summed E-state index contributed by atoms with van der Waals surface area (Å²) in [6.07, 6.45) is 2.54. The van der Waals surface area contributed by atoms with Gasteiger partial charge in [-0.3, -0.25) is 4.72 Å². The summed E-state index contributed by atoms with van der Waals surface area (Å²) in [5, 5.41) is 9.19. The fraction of sp³-hybridized carbons (Fsp3) is 0.0625. The van der Waals surface area contributed by atoms with Crippen LogP contribution in [-0.4, -0.2) is 33.7 Å². The van der Waals surface area contributed by atoms with Gasteiger partial charge in [-0.1, -0.05) is 18.2 Å². The fourth-order valence-corrected chi connectivity index (χ4v) is 4.05. The maximum Gasteiger partial charge on any atom is 0.265 e. The lowest BCUT2D eigenvalue weighted by atomic mass is 10.3. The summed E-state index contributed by atoms with van der Waals surface area (Å²) in [6.45, 7) is 0. The molecule has 2 aromatic carbocycles. The number of para-hydroxylation sites is 1. The van der Waals surface area contributed by atoms with Crippen molar-refractivity contribution in [2.75, 3.05) is 11.8 Å². The minimum absolute atomic E-state index is 0.0114. The van der Waals surface area contributed by atoms with Crippen molar-refractivity contribution in [2.45, 2.75) is 9.79 Å². The van der Waals surface area contributed by atoms with Crippen molar-refractivity contribution in [3.05, 3.63) is 60.9 Å². The van der Waals surface area contributed by atoms with Crippen LogP contribution < -0.4 is 14.6 Å². The van der Waals surface area contributed by atoms with E-state index in [9.17, 15) is 16.8 Å². The Morgan fingerprint density at radius 1 is 1.07 bits per heavy atom. The zero-order valence-corrected chi connectivity index (χ0v) is 15.7. The van der Waals surface area contributed by atoms with E-state index in [1.807, 2.05) is 6.07 Å². The summed E-state index contributed by atoms with van der Waals surface area (Å²) < 4.78 is 57.2. The summed E-state index contributed by atoms with van der Waals surface area (Å²) in [4.78, 5) is -0.412. The molecule has 0 bridgehead atoms. The Hall–Kier alpha value is -2.89. The van der Waals surface area contributed by atoms with E-state index in [4.69, 9.17) is 9.88 Å². The molecule has 0 spiro atoms. The lowest BCUT2D eigenvalue weighted by Gasteiger charge is -2.10. The van der Waals surface area contributed by atoms with E-state index in [0.29, 0.717) is 5.69 Å². The van der Waals surface area contributed by atoms with Crippen LogP contribution in [-0.2, 0) is 20.0 Å². The monoisotopic (exact) mass is 408 g/mol. The SMILES string of the molecule is COc1ccc(NS(=O)(=O)c2cnn(-c3ccccc3)c2)cc1S(N)(=O)=O. The number of anilines is 1. The average molecular weight is 408 g/mol. The summed E-state index contributed by atoms with van der Waals surface area (Å²) in [5.41, 5.74) is 0.715. The highest BCUT2D eigenvalue weighted by atomic mass is 32.2. The minimum atomic E-state index is -4.10. The smallest absolute Gasteiger partial charge is 0.265 e. The molecule has 1 aromatic heterocycles. The molecule has 3 N–H and O–H groups in total. The van der Waals surface area contributed by atoms with E-state index in [0.717, 1.165) is 6.07 Å². The van der Waals surface area contributed by atoms with Gasteiger partial charge in [-0.05, 0) is 30.3 Å². The van der Waals surface area contributed by atoms with Gasteiger partial charge in [0.15, 0.2) is 0 Å². The second-order valence-corrected chi connectivity index (χ2v) is 8.68. The molecule has 0 saturated heterocycles. The first-order valence-electron chi connectivity index (χ1n) is 7.54. The lowest BCUT2D eigenvalue weighted by molar-refractivity contribution is 0.403. The summed E-state index contributed by atoms with van der Waals surface area (Å²) >= 11 is 0. The lowest BCUT2D eigenvalue weighted by Crippen LogP contribution is -2.16. The molecule has 0 aliphatic carbocycles. The predicted molar refractivity (Wildman–Crippen MR) is 98.7 cm³/mol. The number of sulfonamides is 2. The van der Waals surface area contributed by atoms with E-state index < -0.39 is 20.0 Å². The minimum Gasteiger partial charge on any atom is -0.495 e. The summed E-state index contributed by atoms with van der Waals surface area (Å²) in [7, 11) is -6.81. The molecule has 0 aliphatic rings. The Labute approximate surface area is 156 Å². The molecule has 0 aliphatic heterocycles. The molecule has 0 atom stereocenters. The van der Waals surface area contributed by atoms with Gasteiger partial charge >= 0.3 is 0 Å². The third kappa shape index (κ3) is 4.10. The van der Waals surface area contributed by atoms with Gasteiger partial charge in [-0.15, -0.1) is 0 Å². The number of nitrogens with zero attached hydrogens (tertiary/aromatic N) is 2. The van der Waals surface area contributed by atoms with Crippen LogP contribution in [0.1, 0.15) is 0 Å². The van der Waals surface area contributed by atoms with E-state index >= 15 is 0 Å². The predicted octanol–water partition coefficient (Wildman–Crippen LogP) is 1.33. The molecular weight excluding hydrogens is 392 g/mol. The van der Waals surface area contributed by atoms with Crippen molar-refractivity contribution in [2.24, 2.45) is 5.14 Å². The molecule has 11 heteroatoms. The Morgan fingerprint density at radius 3 is 2.41 bits per heavy atom. The largest absolute Gasteiger partial charge is 0.495 e. The van der Waals surface area contributed by atoms with Crippen LogP contribution in [0, 0.1) is 0 Å². The number of aromatic nitrogens is 2. The Kier molecular flexibility index (Phi) is 4.91. The second kappa shape index (κ2) is 7.02. The van der Waals surface area contributed by atoms with Gasteiger partial charge in [0.2, 0.25) is 10.0 Å². The first-order valence-corrected chi connectivity index (χ1v) is 10.6. The van der Waals surface area contributed by atoms with Crippen LogP contribution in [0.3, 0.4) is 0 Å². The molecule has 3 aromatic rings. The second-order valence-electron chi connectivity index (χ2n) is 5.47. The molecule has 1 heterocycles. The number of nitrogens with two attached hydrogens (primary N) is 1. The van der Waals surface area contributed by atoms with E-state index in [1.165, 1.54) is 36.3 Å². The van der Waals surface area contributed by atoms with Gasteiger partial charge in [-0.2, -0.15) is 5.10 Å². The molecular formula is C16H16N4O5S2. The molecule has 9 nitrogen and oxygen atoms in total. The third-order valence-electron chi connectivity index (χ3n) is 3.61. The summed E-state index contributed by atoms with van der Waals surface area (Å²) in [6, 6.07) is 12.8. The molecule has 0 radical (unpaired) electrons. The first kappa shape index (κ1) is 18.9. The highest BCUT2D eigenvalue weighted by Gasteiger charge is 2.20. The van der Waals surface area contributed by atoms with Crippen molar-refractivity contribution >= 4 is 25.7 Å². The Balaban J connectivity index is 1.93. The zero-order chi connectivity index (χ0) is 19.7. The van der Waals surface area contributed by atoms with Crippen LogP contribution >= 0.6 is 0 Å². The number of ether oxygens (including phenoxy) is 1. The van der Waals surface area contributed by atoms with Gasteiger partial charge in [0.1, 0.15) is 15.5 Å². The number of methoxy groups -OCH3 is 1. The number of hydrogen-bond donors (Lipinski definition) is 2. The zero-order valence-electron chi connectivity index (χ0n) is 14.1.